The van der Waals surface area contributed by atoms with Crippen molar-refractivity contribution in [3.63, 3.8) is 0 Å². The van der Waals surface area contributed by atoms with E-state index in [0.29, 0.717) is 23.5 Å². The standard InChI is InChI=1S/C19H20N4O4/c1-27-16-4-2-3-15(10-16)23-11-14(9-17(23)24)22-19(26)21-13-7-5-12(6-8-13)18(20)25/h2-8,10,14H,9,11H2,1H3,(H2,20,25)(H2,21,22,26). The summed E-state index contributed by atoms with van der Waals surface area (Å²) < 4.78 is 5.18. The molecule has 27 heavy (non-hydrogen) atoms. The van der Waals surface area contributed by atoms with Crippen LogP contribution in [-0.2, 0) is 4.79 Å². The number of primary amides is 1. The molecule has 0 aromatic heterocycles. The summed E-state index contributed by atoms with van der Waals surface area (Å²) in [6, 6.07) is 12.7. The Kier molecular flexibility index (Phi) is 5.25. The summed E-state index contributed by atoms with van der Waals surface area (Å²) in [4.78, 5) is 37.2. The van der Waals surface area contributed by atoms with Gasteiger partial charge < -0.3 is 26.0 Å². The molecule has 2 aromatic carbocycles. The summed E-state index contributed by atoms with van der Waals surface area (Å²) >= 11 is 0. The predicted octanol–water partition coefficient (Wildman–Crippen LogP) is 1.72. The van der Waals surface area contributed by atoms with Crippen molar-refractivity contribution in [1.82, 2.24) is 5.32 Å². The van der Waals surface area contributed by atoms with E-state index in [-0.39, 0.29) is 18.4 Å². The Morgan fingerprint density at radius 3 is 2.59 bits per heavy atom. The SMILES string of the molecule is COc1cccc(N2CC(NC(=O)Nc3ccc(C(N)=O)cc3)CC2=O)c1. The summed E-state index contributed by atoms with van der Waals surface area (Å²) in [5.41, 5.74) is 6.79. The Bertz CT molecular complexity index is 866. The molecule has 4 amide bonds. The second-order valence-electron chi connectivity index (χ2n) is 6.15. The lowest BCUT2D eigenvalue weighted by atomic mass is 10.2. The minimum atomic E-state index is -0.534. The highest BCUT2D eigenvalue weighted by atomic mass is 16.5. The summed E-state index contributed by atoms with van der Waals surface area (Å²) in [6.45, 7) is 0.375. The molecule has 1 aliphatic heterocycles. The van der Waals surface area contributed by atoms with E-state index in [1.807, 2.05) is 12.1 Å². The van der Waals surface area contributed by atoms with Gasteiger partial charge in [-0.1, -0.05) is 6.07 Å². The summed E-state index contributed by atoms with van der Waals surface area (Å²) in [5, 5.41) is 5.46. The second-order valence-corrected chi connectivity index (χ2v) is 6.15. The lowest BCUT2D eigenvalue weighted by Gasteiger charge is -2.18. The minimum Gasteiger partial charge on any atom is -0.497 e. The van der Waals surface area contributed by atoms with Gasteiger partial charge in [-0.05, 0) is 36.4 Å². The molecule has 0 spiro atoms. The fourth-order valence-corrected chi connectivity index (χ4v) is 2.90. The first kappa shape index (κ1) is 18.2. The molecule has 1 aliphatic rings. The van der Waals surface area contributed by atoms with Crippen molar-refractivity contribution >= 4 is 29.2 Å². The molecule has 3 rings (SSSR count). The average Bonchev–Trinajstić information content (AvgIpc) is 3.02. The highest BCUT2D eigenvalue weighted by Crippen LogP contribution is 2.25. The number of carbonyl (C=O) groups excluding carboxylic acids is 3. The number of nitrogens with two attached hydrogens (primary N) is 1. The molecule has 8 heteroatoms. The number of amides is 4. The highest BCUT2D eigenvalue weighted by molar-refractivity contribution is 5.98. The van der Waals surface area contributed by atoms with Crippen molar-refractivity contribution in [2.75, 3.05) is 23.9 Å². The van der Waals surface area contributed by atoms with Gasteiger partial charge in [0.05, 0.1) is 13.2 Å². The summed E-state index contributed by atoms with van der Waals surface area (Å²) in [6.07, 6.45) is 0.214. The van der Waals surface area contributed by atoms with Crippen molar-refractivity contribution in [1.29, 1.82) is 0 Å². The fourth-order valence-electron chi connectivity index (χ4n) is 2.90. The lowest BCUT2D eigenvalue weighted by molar-refractivity contribution is -0.117. The molecular weight excluding hydrogens is 348 g/mol. The molecule has 4 N–H and O–H groups in total. The van der Waals surface area contributed by atoms with Gasteiger partial charge in [0.25, 0.3) is 0 Å². The molecule has 1 saturated heterocycles. The monoisotopic (exact) mass is 368 g/mol. The van der Waals surface area contributed by atoms with E-state index in [2.05, 4.69) is 10.6 Å². The van der Waals surface area contributed by atoms with Crippen LogP contribution in [0, 0.1) is 0 Å². The van der Waals surface area contributed by atoms with Crippen LogP contribution in [0.15, 0.2) is 48.5 Å². The van der Waals surface area contributed by atoms with E-state index in [4.69, 9.17) is 10.5 Å². The van der Waals surface area contributed by atoms with Crippen LogP contribution in [0.2, 0.25) is 0 Å². The number of anilines is 2. The van der Waals surface area contributed by atoms with Gasteiger partial charge >= 0.3 is 6.03 Å². The number of methoxy groups -OCH3 is 1. The van der Waals surface area contributed by atoms with Crippen LogP contribution in [0.1, 0.15) is 16.8 Å². The van der Waals surface area contributed by atoms with Crippen LogP contribution < -0.4 is 26.0 Å². The molecule has 0 saturated carbocycles. The third-order valence-electron chi connectivity index (χ3n) is 4.25. The summed E-state index contributed by atoms with van der Waals surface area (Å²) in [5.74, 6) is 0.0568. The third-order valence-corrected chi connectivity index (χ3v) is 4.25. The first-order valence-electron chi connectivity index (χ1n) is 8.38. The zero-order valence-corrected chi connectivity index (χ0v) is 14.8. The van der Waals surface area contributed by atoms with E-state index >= 15 is 0 Å². The predicted molar refractivity (Wildman–Crippen MR) is 101 cm³/mol. The molecule has 8 nitrogen and oxygen atoms in total. The van der Waals surface area contributed by atoms with E-state index in [1.54, 1.807) is 36.3 Å². The van der Waals surface area contributed by atoms with Gasteiger partial charge in [0.15, 0.2) is 0 Å². The van der Waals surface area contributed by atoms with Crippen molar-refractivity contribution in [3.05, 3.63) is 54.1 Å². The smallest absolute Gasteiger partial charge is 0.319 e. The maximum absolute atomic E-state index is 12.3. The van der Waals surface area contributed by atoms with Gasteiger partial charge in [0.1, 0.15) is 5.75 Å². The lowest BCUT2D eigenvalue weighted by Crippen LogP contribution is -2.39. The molecule has 2 aromatic rings. The number of rotatable bonds is 5. The van der Waals surface area contributed by atoms with Gasteiger partial charge in [-0.2, -0.15) is 0 Å². The minimum absolute atomic E-state index is 0.0700. The molecule has 140 valence electrons. The number of hydrogen-bond donors (Lipinski definition) is 3. The molecule has 1 atom stereocenters. The Hall–Kier alpha value is -3.55. The second kappa shape index (κ2) is 7.77. The van der Waals surface area contributed by atoms with E-state index in [0.717, 1.165) is 5.69 Å². The maximum atomic E-state index is 12.3. The Labute approximate surface area is 156 Å². The quantitative estimate of drug-likeness (QED) is 0.745. The van der Waals surface area contributed by atoms with Crippen molar-refractivity contribution in [3.8, 4) is 5.75 Å². The number of nitrogens with zero attached hydrogens (tertiary/aromatic N) is 1. The van der Waals surface area contributed by atoms with Crippen LogP contribution in [0.3, 0.4) is 0 Å². The maximum Gasteiger partial charge on any atom is 0.319 e. The molecule has 1 heterocycles. The Morgan fingerprint density at radius 1 is 1.19 bits per heavy atom. The molecule has 0 aliphatic carbocycles. The highest BCUT2D eigenvalue weighted by Gasteiger charge is 2.31. The first-order valence-corrected chi connectivity index (χ1v) is 8.38. The number of benzene rings is 2. The molecule has 0 radical (unpaired) electrons. The normalized spacial score (nSPS) is 16.1. The van der Waals surface area contributed by atoms with Gasteiger partial charge in [-0.15, -0.1) is 0 Å². The number of carbonyl (C=O) groups is 3. The number of nitrogens with one attached hydrogen (secondary N) is 2. The van der Waals surface area contributed by atoms with E-state index in [9.17, 15) is 14.4 Å². The third kappa shape index (κ3) is 4.35. The van der Waals surface area contributed by atoms with Crippen molar-refractivity contribution < 1.29 is 19.1 Å². The van der Waals surface area contributed by atoms with Crippen molar-refractivity contribution in [2.24, 2.45) is 5.73 Å². The van der Waals surface area contributed by atoms with Gasteiger partial charge in [0.2, 0.25) is 11.8 Å². The van der Waals surface area contributed by atoms with E-state index < -0.39 is 11.9 Å². The fraction of sp³-hybridized carbons (Fsp3) is 0.211. The van der Waals surface area contributed by atoms with E-state index in [1.165, 1.54) is 12.1 Å². The van der Waals surface area contributed by atoms with Crippen LogP contribution in [-0.4, -0.2) is 37.5 Å². The van der Waals surface area contributed by atoms with Crippen LogP contribution in [0.4, 0.5) is 16.2 Å². The number of ether oxygens (including phenoxy) is 1. The van der Waals surface area contributed by atoms with Crippen LogP contribution >= 0.6 is 0 Å². The summed E-state index contributed by atoms with van der Waals surface area (Å²) in [7, 11) is 1.57. The first-order chi connectivity index (χ1) is 13.0. The van der Waals surface area contributed by atoms with Crippen LogP contribution in [0.5, 0.6) is 5.75 Å². The van der Waals surface area contributed by atoms with Gasteiger partial charge in [-0.3, -0.25) is 9.59 Å². The largest absolute Gasteiger partial charge is 0.497 e. The van der Waals surface area contributed by atoms with Crippen LogP contribution in [0.25, 0.3) is 0 Å². The number of urea groups is 1. The molecule has 0 bridgehead atoms. The van der Waals surface area contributed by atoms with Crippen molar-refractivity contribution in [2.45, 2.75) is 12.5 Å². The van der Waals surface area contributed by atoms with Gasteiger partial charge in [-0.25, -0.2) is 4.79 Å². The Morgan fingerprint density at radius 2 is 1.93 bits per heavy atom. The molecule has 1 fully saturated rings. The number of hydrogen-bond acceptors (Lipinski definition) is 4. The molecular formula is C19H20N4O4. The molecule has 1 unspecified atom stereocenters. The topological polar surface area (TPSA) is 114 Å². The van der Waals surface area contributed by atoms with Gasteiger partial charge in [0, 0.05) is 36.0 Å². The zero-order chi connectivity index (χ0) is 19.4. The Balaban J connectivity index is 1.58. The average molecular weight is 368 g/mol. The zero-order valence-electron chi connectivity index (χ0n) is 14.8.